The first-order chi connectivity index (χ1) is 12.0. The first-order valence-electron chi connectivity index (χ1n) is 8.29. The molecule has 0 bridgehead atoms. The van der Waals surface area contributed by atoms with Crippen LogP contribution >= 0.6 is 0 Å². The Hall–Kier alpha value is -2.82. The van der Waals surface area contributed by atoms with Crippen molar-refractivity contribution in [1.82, 2.24) is 5.32 Å². The van der Waals surface area contributed by atoms with E-state index in [1.54, 1.807) is 31.4 Å². The van der Waals surface area contributed by atoms with E-state index in [0.717, 1.165) is 12.2 Å². The molecule has 132 valence electrons. The third-order valence-corrected chi connectivity index (χ3v) is 4.02. The van der Waals surface area contributed by atoms with Gasteiger partial charge in [0, 0.05) is 24.7 Å². The molecule has 0 aliphatic rings. The molecular formula is C20H24N2O3. The summed E-state index contributed by atoms with van der Waals surface area (Å²) in [5.74, 6) is 0.932. The van der Waals surface area contributed by atoms with Gasteiger partial charge in [-0.2, -0.15) is 0 Å². The lowest BCUT2D eigenvalue weighted by molar-refractivity contribution is -0.114. The van der Waals surface area contributed by atoms with Crippen LogP contribution in [-0.4, -0.2) is 25.5 Å². The van der Waals surface area contributed by atoms with E-state index in [-0.39, 0.29) is 11.8 Å². The molecule has 0 unspecified atom stereocenters. The minimum atomic E-state index is -0.135. The topological polar surface area (TPSA) is 67.4 Å². The van der Waals surface area contributed by atoms with Crippen LogP contribution in [0.1, 0.15) is 42.1 Å². The highest BCUT2D eigenvalue weighted by atomic mass is 16.5. The maximum Gasteiger partial charge on any atom is 0.251 e. The lowest BCUT2D eigenvalue weighted by Gasteiger charge is -2.13. The summed E-state index contributed by atoms with van der Waals surface area (Å²) in [7, 11) is 1.65. The number of carbonyl (C=O) groups excluding carboxylic acids is 2. The van der Waals surface area contributed by atoms with E-state index in [4.69, 9.17) is 4.74 Å². The summed E-state index contributed by atoms with van der Waals surface area (Å²) in [5.41, 5.74) is 2.47. The van der Waals surface area contributed by atoms with E-state index >= 15 is 0 Å². The Kier molecular flexibility index (Phi) is 6.57. The summed E-state index contributed by atoms with van der Waals surface area (Å²) in [6, 6.07) is 14.8. The minimum Gasteiger partial charge on any atom is -0.497 e. The van der Waals surface area contributed by atoms with Gasteiger partial charge in [0.25, 0.3) is 5.91 Å². The van der Waals surface area contributed by atoms with E-state index < -0.39 is 0 Å². The van der Waals surface area contributed by atoms with Gasteiger partial charge in [-0.1, -0.05) is 19.1 Å². The summed E-state index contributed by atoms with van der Waals surface area (Å²) in [6.07, 6.45) is 0.849. The number of rotatable bonds is 7. The van der Waals surface area contributed by atoms with Crippen molar-refractivity contribution in [2.45, 2.75) is 26.2 Å². The molecule has 1 atom stereocenters. The summed E-state index contributed by atoms with van der Waals surface area (Å²) < 4.78 is 5.16. The lowest BCUT2D eigenvalue weighted by atomic mass is 9.98. The van der Waals surface area contributed by atoms with Crippen LogP contribution in [0.4, 0.5) is 5.69 Å². The van der Waals surface area contributed by atoms with Gasteiger partial charge in [0.05, 0.1) is 7.11 Å². The van der Waals surface area contributed by atoms with Gasteiger partial charge >= 0.3 is 0 Å². The summed E-state index contributed by atoms with van der Waals surface area (Å²) in [4.78, 5) is 23.2. The zero-order valence-corrected chi connectivity index (χ0v) is 14.8. The van der Waals surface area contributed by atoms with Gasteiger partial charge in [-0.3, -0.25) is 9.59 Å². The van der Waals surface area contributed by atoms with Crippen LogP contribution in [0.25, 0.3) is 0 Å². The van der Waals surface area contributed by atoms with Crippen LogP contribution in [0, 0.1) is 0 Å². The van der Waals surface area contributed by atoms with Gasteiger partial charge in [0.2, 0.25) is 5.91 Å². The molecule has 2 amide bonds. The molecule has 0 saturated heterocycles. The number of carbonyl (C=O) groups is 2. The molecule has 0 heterocycles. The maximum atomic E-state index is 12.2. The molecule has 0 saturated carbocycles. The SMILES string of the molecule is COc1ccc([C@@H](C)CCNC(=O)c2ccc(NC(C)=O)cc2)cc1. The van der Waals surface area contributed by atoms with Crippen molar-refractivity contribution in [2.24, 2.45) is 0 Å². The van der Waals surface area contributed by atoms with E-state index in [1.807, 2.05) is 24.3 Å². The number of hydrogen-bond donors (Lipinski definition) is 2. The first-order valence-corrected chi connectivity index (χ1v) is 8.29. The van der Waals surface area contributed by atoms with Gasteiger partial charge in [-0.05, 0) is 54.3 Å². The van der Waals surface area contributed by atoms with E-state index in [1.165, 1.54) is 12.5 Å². The average molecular weight is 340 g/mol. The molecule has 2 rings (SSSR count). The minimum absolute atomic E-state index is 0.115. The second kappa shape index (κ2) is 8.87. The number of anilines is 1. The molecule has 2 aromatic carbocycles. The number of nitrogens with one attached hydrogen (secondary N) is 2. The smallest absolute Gasteiger partial charge is 0.251 e. The van der Waals surface area contributed by atoms with Crippen molar-refractivity contribution >= 4 is 17.5 Å². The Morgan fingerprint density at radius 1 is 1.04 bits per heavy atom. The van der Waals surface area contributed by atoms with Gasteiger partial charge < -0.3 is 15.4 Å². The van der Waals surface area contributed by atoms with Crippen LogP contribution in [0.2, 0.25) is 0 Å². The lowest BCUT2D eigenvalue weighted by Crippen LogP contribution is -2.25. The summed E-state index contributed by atoms with van der Waals surface area (Å²) in [5, 5.41) is 5.61. The molecule has 0 aliphatic carbocycles. The fraction of sp³-hybridized carbons (Fsp3) is 0.300. The molecule has 0 fully saturated rings. The van der Waals surface area contributed by atoms with Crippen molar-refractivity contribution in [3.05, 3.63) is 59.7 Å². The highest BCUT2D eigenvalue weighted by Gasteiger charge is 2.09. The van der Waals surface area contributed by atoms with Crippen LogP contribution in [0.3, 0.4) is 0 Å². The number of amides is 2. The standard InChI is InChI=1S/C20H24N2O3/c1-14(16-6-10-19(25-3)11-7-16)12-13-21-20(24)17-4-8-18(9-5-17)22-15(2)23/h4-11,14H,12-13H2,1-3H3,(H,21,24)(H,22,23)/t14-/m0/s1. The number of hydrogen-bond acceptors (Lipinski definition) is 3. The molecular weight excluding hydrogens is 316 g/mol. The maximum absolute atomic E-state index is 12.2. The molecule has 2 aromatic rings. The third-order valence-electron chi connectivity index (χ3n) is 4.02. The van der Waals surface area contributed by atoms with Crippen molar-refractivity contribution in [1.29, 1.82) is 0 Å². The zero-order chi connectivity index (χ0) is 18.2. The van der Waals surface area contributed by atoms with E-state index in [0.29, 0.717) is 23.7 Å². The highest BCUT2D eigenvalue weighted by Crippen LogP contribution is 2.21. The predicted octanol–water partition coefficient (Wildman–Crippen LogP) is 3.58. The molecule has 5 heteroatoms. The second-order valence-electron chi connectivity index (χ2n) is 5.98. The normalized spacial score (nSPS) is 11.5. The molecule has 0 aliphatic heterocycles. The van der Waals surface area contributed by atoms with Gasteiger partial charge in [0.1, 0.15) is 5.75 Å². The fourth-order valence-electron chi connectivity index (χ4n) is 2.51. The van der Waals surface area contributed by atoms with Crippen molar-refractivity contribution in [2.75, 3.05) is 19.0 Å². The quantitative estimate of drug-likeness (QED) is 0.809. The molecule has 0 aromatic heterocycles. The highest BCUT2D eigenvalue weighted by molar-refractivity contribution is 5.95. The fourth-order valence-corrected chi connectivity index (χ4v) is 2.51. The molecule has 0 radical (unpaired) electrons. The van der Waals surface area contributed by atoms with Crippen molar-refractivity contribution in [3.8, 4) is 5.75 Å². The van der Waals surface area contributed by atoms with Crippen LogP contribution < -0.4 is 15.4 Å². The largest absolute Gasteiger partial charge is 0.497 e. The van der Waals surface area contributed by atoms with E-state index in [2.05, 4.69) is 17.6 Å². The monoisotopic (exact) mass is 340 g/mol. The van der Waals surface area contributed by atoms with Crippen molar-refractivity contribution in [3.63, 3.8) is 0 Å². The molecule has 25 heavy (non-hydrogen) atoms. The Morgan fingerprint density at radius 2 is 1.68 bits per heavy atom. The Labute approximate surface area is 148 Å². The van der Waals surface area contributed by atoms with Crippen LogP contribution in [0.5, 0.6) is 5.75 Å². The molecule has 2 N–H and O–H groups in total. The molecule has 5 nitrogen and oxygen atoms in total. The molecule has 0 spiro atoms. The number of methoxy groups -OCH3 is 1. The van der Waals surface area contributed by atoms with E-state index in [9.17, 15) is 9.59 Å². The first kappa shape index (κ1) is 18.5. The van der Waals surface area contributed by atoms with Gasteiger partial charge in [-0.15, -0.1) is 0 Å². The summed E-state index contributed by atoms with van der Waals surface area (Å²) >= 11 is 0. The Bertz CT molecular complexity index is 709. The Balaban J connectivity index is 1.81. The Morgan fingerprint density at radius 3 is 2.24 bits per heavy atom. The third kappa shape index (κ3) is 5.64. The average Bonchev–Trinajstić information content (AvgIpc) is 2.61. The number of ether oxygens (including phenoxy) is 1. The van der Waals surface area contributed by atoms with Crippen LogP contribution in [0.15, 0.2) is 48.5 Å². The zero-order valence-electron chi connectivity index (χ0n) is 14.8. The van der Waals surface area contributed by atoms with Crippen LogP contribution in [-0.2, 0) is 4.79 Å². The predicted molar refractivity (Wildman–Crippen MR) is 99.1 cm³/mol. The van der Waals surface area contributed by atoms with Crippen molar-refractivity contribution < 1.29 is 14.3 Å². The second-order valence-corrected chi connectivity index (χ2v) is 5.98. The van der Waals surface area contributed by atoms with Gasteiger partial charge in [-0.25, -0.2) is 0 Å². The van der Waals surface area contributed by atoms with Gasteiger partial charge in [0.15, 0.2) is 0 Å². The summed E-state index contributed by atoms with van der Waals surface area (Å²) in [6.45, 7) is 4.18. The number of benzene rings is 2.